The second-order valence-electron chi connectivity index (χ2n) is 9.67. The van der Waals surface area contributed by atoms with Crippen molar-refractivity contribution >= 4 is 16.7 Å². The molecule has 4 atom stereocenters. The highest BCUT2D eigenvalue weighted by Crippen LogP contribution is 2.47. The van der Waals surface area contributed by atoms with Crippen LogP contribution in [-0.4, -0.2) is 50.1 Å². The maximum absolute atomic E-state index is 13.1. The van der Waals surface area contributed by atoms with Crippen LogP contribution >= 0.6 is 0 Å². The van der Waals surface area contributed by atoms with Gasteiger partial charge in [0.05, 0.1) is 18.3 Å². The number of fused-ring (bicyclic) bond motifs is 3. The van der Waals surface area contributed by atoms with E-state index in [0.717, 1.165) is 33.0 Å². The Morgan fingerprint density at radius 1 is 0.972 bits per heavy atom. The Morgan fingerprint density at radius 3 is 2.50 bits per heavy atom. The number of hydrogen-bond acceptors (Lipinski definition) is 8. The number of carbonyl (C=O) groups excluding carboxylic acids is 1. The van der Waals surface area contributed by atoms with Gasteiger partial charge in [0.15, 0.2) is 11.5 Å². The van der Waals surface area contributed by atoms with Gasteiger partial charge < -0.3 is 33.5 Å². The number of esters is 1. The molecule has 0 aliphatic carbocycles. The summed E-state index contributed by atoms with van der Waals surface area (Å²) in [5.41, 5.74) is 4.79. The molecule has 1 saturated heterocycles. The van der Waals surface area contributed by atoms with Crippen molar-refractivity contribution in [3.05, 3.63) is 52.6 Å². The van der Waals surface area contributed by atoms with Crippen molar-refractivity contribution < 1.29 is 38.3 Å². The first-order chi connectivity index (χ1) is 17.4. The van der Waals surface area contributed by atoms with Crippen LogP contribution in [0.3, 0.4) is 0 Å². The van der Waals surface area contributed by atoms with Crippen LogP contribution in [0, 0.1) is 19.8 Å². The molecule has 36 heavy (non-hydrogen) atoms. The second-order valence-corrected chi connectivity index (χ2v) is 9.67. The second kappa shape index (κ2) is 8.65. The summed E-state index contributed by atoms with van der Waals surface area (Å²) < 4.78 is 34.4. The van der Waals surface area contributed by atoms with E-state index < -0.39 is 24.5 Å². The molecule has 8 nitrogen and oxygen atoms in total. The zero-order valence-electron chi connectivity index (χ0n) is 20.6. The Hall–Kier alpha value is -3.33. The summed E-state index contributed by atoms with van der Waals surface area (Å²) in [5.74, 6) is 1.36. The molecule has 3 aromatic rings. The maximum Gasteiger partial charge on any atom is 0.339 e. The number of ether oxygens (including phenoxy) is 6. The number of aryl methyl sites for hydroxylation is 2. The summed E-state index contributed by atoms with van der Waals surface area (Å²) in [6.07, 6.45) is -2.38. The first-order valence-electron chi connectivity index (χ1n) is 12.0. The van der Waals surface area contributed by atoms with Crippen LogP contribution in [-0.2, 0) is 20.8 Å². The van der Waals surface area contributed by atoms with Gasteiger partial charge in [0.2, 0.25) is 13.1 Å². The molecule has 3 aliphatic rings. The van der Waals surface area contributed by atoms with Crippen LogP contribution in [0.1, 0.15) is 34.0 Å². The molecule has 4 unspecified atom stereocenters. The molecule has 0 spiro atoms. The number of aliphatic hydroxyl groups excluding tert-OH is 1. The topological polar surface area (TPSA) is 92.7 Å². The van der Waals surface area contributed by atoms with Crippen LogP contribution in [0.15, 0.2) is 30.3 Å². The van der Waals surface area contributed by atoms with E-state index in [1.807, 2.05) is 45.0 Å². The highest BCUT2D eigenvalue weighted by atomic mass is 16.7. The van der Waals surface area contributed by atoms with Gasteiger partial charge in [-0.15, -0.1) is 0 Å². The first kappa shape index (κ1) is 23.1. The molecule has 0 saturated carbocycles. The molecule has 3 aliphatic heterocycles. The lowest BCUT2D eigenvalue weighted by atomic mass is 9.87. The average molecular weight is 493 g/mol. The Bertz CT molecular complexity index is 1380. The monoisotopic (exact) mass is 492 g/mol. The zero-order valence-corrected chi connectivity index (χ0v) is 20.6. The molecule has 1 fully saturated rings. The minimum atomic E-state index is -0.998. The van der Waals surface area contributed by atoms with Crippen LogP contribution in [0.2, 0.25) is 0 Å². The predicted molar refractivity (Wildman–Crippen MR) is 130 cm³/mol. The molecule has 3 aromatic carbocycles. The molecule has 1 N–H and O–H groups in total. The van der Waals surface area contributed by atoms with Gasteiger partial charge in [-0.25, -0.2) is 4.79 Å². The lowest BCUT2D eigenvalue weighted by molar-refractivity contribution is -0.231. The van der Waals surface area contributed by atoms with Crippen molar-refractivity contribution in [3.63, 3.8) is 0 Å². The van der Waals surface area contributed by atoms with Crippen LogP contribution in [0.25, 0.3) is 21.9 Å². The molecular formula is C28H28O8. The van der Waals surface area contributed by atoms with Gasteiger partial charge in [0.25, 0.3) is 0 Å². The Balaban J connectivity index is 1.57. The fraction of sp³-hybridized carbons (Fsp3) is 0.393. The van der Waals surface area contributed by atoms with E-state index in [1.165, 1.54) is 0 Å². The molecule has 0 aromatic heterocycles. The van der Waals surface area contributed by atoms with E-state index in [4.69, 9.17) is 28.4 Å². The van der Waals surface area contributed by atoms with Gasteiger partial charge >= 0.3 is 5.97 Å². The number of aliphatic hydroxyl groups is 1. The molecule has 8 heteroatoms. The number of carbonyl (C=O) groups is 1. The summed E-state index contributed by atoms with van der Waals surface area (Å²) in [4.78, 5) is 13.1. The van der Waals surface area contributed by atoms with Crippen molar-refractivity contribution in [2.75, 3.05) is 20.5 Å². The molecule has 188 valence electrons. The van der Waals surface area contributed by atoms with E-state index in [2.05, 4.69) is 6.07 Å². The van der Waals surface area contributed by atoms with E-state index in [-0.39, 0.29) is 19.3 Å². The van der Waals surface area contributed by atoms with Crippen molar-refractivity contribution in [2.45, 2.75) is 45.9 Å². The van der Waals surface area contributed by atoms with E-state index >= 15 is 0 Å². The summed E-state index contributed by atoms with van der Waals surface area (Å²) in [6.45, 7) is 6.63. The van der Waals surface area contributed by atoms with Gasteiger partial charge in [0, 0.05) is 29.5 Å². The minimum absolute atomic E-state index is 0.00972. The molecule has 0 bridgehead atoms. The summed E-state index contributed by atoms with van der Waals surface area (Å²) in [7, 11) is 1.57. The van der Waals surface area contributed by atoms with Crippen molar-refractivity contribution in [1.29, 1.82) is 0 Å². The van der Waals surface area contributed by atoms with Crippen LogP contribution in [0.4, 0.5) is 0 Å². The maximum atomic E-state index is 13.1. The Morgan fingerprint density at radius 2 is 1.72 bits per heavy atom. The molecule has 3 heterocycles. The minimum Gasteiger partial charge on any atom is -0.461 e. The molecule has 0 amide bonds. The number of benzene rings is 3. The molecule has 6 rings (SSSR count). The summed E-state index contributed by atoms with van der Waals surface area (Å²) in [5, 5.41) is 12.6. The van der Waals surface area contributed by atoms with Crippen LogP contribution < -0.4 is 14.2 Å². The van der Waals surface area contributed by atoms with Gasteiger partial charge in [-0.05, 0) is 54.1 Å². The quantitative estimate of drug-likeness (QED) is 0.540. The third-order valence-electron chi connectivity index (χ3n) is 7.39. The number of methoxy groups -OCH3 is 1. The Labute approximate surface area is 208 Å². The van der Waals surface area contributed by atoms with Crippen molar-refractivity contribution in [3.8, 4) is 28.4 Å². The Kier molecular flexibility index (Phi) is 5.55. The number of rotatable bonds is 4. The SMILES string of the molecule is COC1C(C)COC(Oc2c3c(c(-c4ccc5c(c4)OCO5)c4cc(C)c(C)cc24)C(=O)OC3)C1O. The van der Waals surface area contributed by atoms with Gasteiger partial charge in [-0.1, -0.05) is 19.1 Å². The van der Waals surface area contributed by atoms with Gasteiger partial charge in [-0.3, -0.25) is 0 Å². The average Bonchev–Trinajstić information content (AvgIpc) is 3.48. The van der Waals surface area contributed by atoms with Crippen molar-refractivity contribution in [2.24, 2.45) is 5.92 Å². The van der Waals surface area contributed by atoms with Gasteiger partial charge in [0.1, 0.15) is 18.5 Å². The van der Waals surface area contributed by atoms with Crippen LogP contribution in [0.5, 0.6) is 17.2 Å². The molecule has 0 radical (unpaired) electrons. The fourth-order valence-corrected chi connectivity index (χ4v) is 5.36. The summed E-state index contributed by atoms with van der Waals surface area (Å²) in [6, 6.07) is 9.76. The first-order valence-corrected chi connectivity index (χ1v) is 12.0. The normalized spacial score (nSPS) is 24.6. The van der Waals surface area contributed by atoms with E-state index in [0.29, 0.717) is 35.0 Å². The third-order valence-corrected chi connectivity index (χ3v) is 7.39. The lowest BCUT2D eigenvalue weighted by Gasteiger charge is -2.38. The van der Waals surface area contributed by atoms with E-state index in [1.54, 1.807) is 7.11 Å². The van der Waals surface area contributed by atoms with Gasteiger partial charge in [-0.2, -0.15) is 0 Å². The highest BCUT2D eigenvalue weighted by molar-refractivity contribution is 6.13. The summed E-state index contributed by atoms with van der Waals surface area (Å²) >= 11 is 0. The highest BCUT2D eigenvalue weighted by Gasteiger charge is 2.41. The lowest BCUT2D eigenvalue weighted by Crippen LogP contribution is -2.52. The molecular weight excluding hydrogens is 464 g/mol. The standard InChI is InChI=1S/C28H28O8/c1-13-7-17-18(8-14(13)2)26(36-28-24(29)25(31-4)15(3)10-33-28)19-11-32-27(30)23(19)22(17)16-5-6-20-21(9-16)35-12-34-20/h5-9,15,24-25,28-29H,10-12H2,1-4H3. The van der Waals surface area contributed by atoms with E-state index in [9.17, 15) is 9.90 Å². The predicted octanol–water partition coefficient (Wildman–Crippen LogP) is 4.27. The fourth-order valence-electron chi connectivity index (χ4n) is 5.36. The zero-order chi connectivity index (χ0) is 25.1. The third kappa shape index (κ3) is 3.51. The largest absolute Gasteiger partial charge is 0.461 e. The smallest absolute Gasteiger partial charge is 0.339 e. The number of cyclic esters (lactones) is 1. The number of hydrogen-bond donors (Lipinski definition) is 1. The van der Waals surface area contributed by atoms with Crippen molar-refractivity contribution in [1.82, 2.24) is 0 Å².